The van der Waals surface area contributed by atoms with E-state index in [0.29, 0.717) is 28.3 Å². The van der Waals surface area contributed by atoms with Crippen molar-refractivity contribution in [3.8, 4) is 11.5 Å². The first kappa shape index (κ1) is 18.7. The van der Waals surface area contributed by atoms with Gasteiger partial charge in [-0.15, -0.1) is 0 Å². The van der Waals surface area contributed by atoms with Crippen molar-refractivity contribution in [2.75, 3.05) is 11.6 Å². The molecule has 0 unspecified atom stereocenters. The number of para-hydroxylation sites is 1. The van der Waals surface area contributed by atoms with E-state index in [1.165, 1.54) is 0 Å². The molecule has 0 atom stereocenters. The van der Waals surface area contributed by atoms with Gasteiger partial charge >= 0.3 is 0 Å². The number of benzene rings is 3. The van der Waals surface area contributed by atoms with Gasteiger partial charge in [0, 0.05) is 23.6 Å². The van der Waals surface area contributed by atoms with Crippen LogP contribution in [0.4, 0.5) is 5.69 Å². The second-order valence-electron chi connectivity index (χ2n) is 6.17. The van der Waals surface area contributed by atoms with Crippen molar-refractivity contribution in [1.29, 1.82) is 0 Å². The lowest BCUT2D eigenvalue weighted by Gasteiger charge is -2.09. The molecule has 0 radical (unpaired) electrons. The number of hydrogen-bond donors (Lipinski definition) is 1. The molecule has 1 N–H and O–H groups in total. The zero-order valence-electron chi connectivity index (χ0n) is 14.8. The van der Waals surface area contributed by atoms with E-state index < -0.39 is 9.84 Å². The molecule has 27 heavy (non-hydrogen) atoms. The summed E-state index contributed by atoms with van der Waals surface area (Å²) in [7, 11) is -3.16. The third-order valence-corrected chi connectivity index (χ3v) is 4.55. The van der Waals surface area contributed by atoms with Crippen LogP contribution in [0.3, 0.4) is 0 Å². The summed E-state index contributed by atoms with van der Waals surface area (Å²) in [5.41, 5.74) is 1.55. The largest absolute Gasteiger partial charge is 0.457 e. The van der Waals surface area contributed by atoms with Crippen LogP contribution in [0.15, 0.2) is 78.9 Å². The Bertz CT molecular complexity index is 1050. The molecule has 0 aromatic heterocycles. The second-order valence-corrected chi connectivity index (χ2v) is 8.31. The van der Waals surface area contributed by atoms with Gasteiger partial charge in [-0.25, -0.2) is 8.42 Å². The smallest absolute Gasteiger partial charge is 0.255 e. The molecule has 3 rings (SSSR count). The van der Waals surface area contributed by atoms with E-state index in [0.717, 1.165) is 6.26 Å². The molecule has 0 spiro atoms. The summed E-state index contributed by atoms with van der Waals surface area (Å²) in [5, 5.41) is 2.81. The van der Waals surface area contributed by atoms with Gasteiger partial charge in [0.15, 0.2) is 9.84 Å². The summed E-state index contributed by atoms with van der Waals surface area (Å²) >= 11 is 0. The number of hydrogen-bond acceptors (Lipinski definition) is 4. The van der Waals surface area contributed by atoms with E-state index in [9.17, 15) is 13.2 Å². The Kier molecular flexibility index (Phi) is 5.57. The van der Waals surface area contributed by atoms with Crippen LogP contribution in [0.2, 0.25) is 0 Å². The van der Waals surface area contributed by atoms with E-state index in [1.807, 2.05) is 30.3 Å². The number of nitrogens with one attached hydrogen (secondary N) is 1. The lowest BCUT2D eigenvalue weighted by molar-refractivity contribution is 0.102. The standard InChI is InChI=1S/C21H19NO4S/c1-27(24,25)15-16-7-5-8-17(13-16)21(23)22-18-9-6-12-20(14-18)26-19-10-3-2-4-11-19/h2-14H,15H2,1H3,(H,22,23). The summed E-state index contributed by atoms with van der Waals surface area (Å²) in [4.78, 5) is 12.5. The summed E-state index contributed by atoms with van der Waals surface area (Å²) < 4.78 is 28.7. The molecule has 0 bridgehead atoms. The average Bonchev–Trinajstić information content (AvgIpc) is 2.62. The van der Waals surface area contributed by atoms with Gasteiger partial charge in [-0.1, -0.05) is 36.4 Å². The summed E-state index contributed by atoms with van der Waals surface area (Å²) in [5.74, 6) is 0.885. The van der Waals surface area contributed by atoms with Gasteiger partial charge in [0.25, 0.3) is 5.91 Å². The van der Waals surface area contributed by atoms with Crippen molar-refractivity contribution in [2.45, 2.75) is 5.75 Å². The Balaban J connectivity index is 1.73. The molecule has 0 aliphatic carbocycles. The van der Waals surface area contributed by atoms with Crippen LogP contribution in [0.1, 0.15) is 15.9 Å². The molecule has 3 aromatic carbocycles. The molecule has 1 amide bonds. The zero-order valence-corrected chi connectivity index (χ0v) is 15.6. The highest BCUT2D eigenvalue weighted by Gasteiger charge is 2.10. The fourth-order valence-corrected chi connectivity index (χ4v) is 3.36. The third kappa shape index (κ3) is 5.69. The lowest BCUT2D eigenvalue weighted by atomic mass is 10.1. The number of amides is 1. The number of anilines is 1. The van der Waals surface area contributed by atoms with Gasteiger partial charge in [0.05, 0.1) is 5.75 Å². The SMILES string of the molecule is CS(=O)(=O)Cc1cccc(C(=O)Nc2cccc(Oc3ccccc3)c2)c1. The molecule has 0 heterocycles. The Morgan fingerprint density at radius 1 is 0.889 bits per heavy atom. The number of carbonyl (C=O) groups excluding carboxylic acids is 1. The van der Waals surface area contributed by atoms with Crippen LogP contribution in [0.25, 0.3) is 0 Å². The molecule has 5 nitrogen and oxygen atoms in total. The van der Waals surface area contributed by atoms with E-state index >= 15 is 0 Å². The van der Waals surface area contributed by atoms with Gasteiger partial charge in [-0.05, 0) is 42.0 Å². The summed E-state index contributed by atoms with van der Waals surface area (Å²) in [6, 6.07) is 23.0. The monoisotopic (exact) mass is 381 g/mol. The first-order valence-corrected chi connectivity index (χ1v) is 10.4. The maximum absolute atomic E-state index is 12.5. The molecule has 0 saturated carbocycles. The van der Waals surface area contributed by atoms with Crippen molar-refractivity contribution in [3.05, 3.63) is 90.0 Å². The third-order valence-electron chi connectivity index (χ3n) is 3.69. The first-order valence-electron chi connectivity index (χ1n) is 8.30. The van der Waals surface area contributed by atoms with E-state index in [1.54, 1.807) is 48.5 Å². The first-order chi connectivity index (χ1) is 12.9. The molecule has 0 saturated heterocycles. The van der Waals surface area contributed by atoms with Crippen LogP contribution < -0.4 is 10.1 Å². The molecule has 0 fully saturated rings. The Hall–Kier alpha value is -3.12. The van der Waals surface area contributed by atoms with Crippen LogP contribution in [-0.2, 0) is 15.6 Å². The average molecular weight is 381 g/mol. The number of ether oxygens (including phenoxy) is 1. The predicted octanol–water partition coefficient (Wildman–Crippen LogP) is 4.28. The summed E-state index contributed by atoms with van der Waals surface area (Å²) in [6.07, 6.45) is 1.16. The molecule has 138 valence electrons. The fourth-order valence-electron chi connectivity index (χ4n) is 2.57. The highest BCUT2D eigenvalue weighted by molar-refractivity contribution is 7.89. The van der Waals surface area contributed by atoms with E-state index in [-0.39, 0.29) is 11.7 Å². The van der Waals surface area contributed by atoms with Crippen molar-refractivity contribution in [2.24, 2.45) is 0 Å². The molecule has 3 aromatic rings. The highest BCUT2D eigenvalue weighted by atomic mass is 32.2. The Labute approximate surface area is 158 Å². The molecule has 0 aliphatic rings. The van der Waals surface area contributed by atoms with Gasteiger partial charge in [0.2, 0.25) is 0 Å². The van der Waals surface area contributed by atoms with Gasteiger partial charge < -0.3 is 10.1 Å². The molecular weight excluding hydrogens is 362 g/mol. The van der Waals surface area contributed by atoms with E-state index in [2.05, 4.69) is 5.32 Å². The molecule has 6 heteroatoms. The second kappa shape index (κ2) is 8.05. The quantitative estimate of drug-likeness (QED) is 0.692. The van der Waals surface area contributed by atoms with Crippen molar-refractivity contribution in [1.82, 2.24) is 0 Å². The van der Waals surface area contributed by atoms with E-state index in [4.69, 9.17) is 4.74 Å². The topological polar surface area (TPSA) is 72.5 Å². The van der Waals surface area contributed by atoms with Gasteiger partial charge in [0.1, 0.15) is 11.5 Å². The predicted molar refractivity (Wildman–Crippen MR) is 106 cm³/mol. The number of sulfone groups is 1. The maximum Gasteiger partial charge on any atom is 0.255 e. The zero-order chi connectivity index (χ0) is 19.3. The Morgan fingerprint density at radius 2 is 1.59 bits per heavy atom. The minimum atomic E-state index is -3.16. The Morgan fingerprint density at radius 3 is 2.33 bits per heavy atom. The maximum atomic E-state index is 12.5. The molecule has 0 aliphatic heterocycles. The fraction of sp³-hybridized carbons (Fsp3) is 0.0952. The minimum Gasteiger partial charge on any atom is -0.457 e. The lowest BCUT2D eigenvalue weighted by Crippen LogP contribution is -2.12. The van der Waals surface area contributed by atoms with Crippen LogP contribution in [0.5, 0.6) is 11.5 Å². The van der Waals surface area contributed by atoms with Crippen LogP contribution in [-0.4, -0.2) is 20.6 Å². The number of rotatable bonds is 6. The van der Waals surface area contributed by atoms with Crippen LogP contribution >= 0.6 is 0 Å². The number of carbonyl (C=O) groups is 1. The van der Waals surface area contributed by atoms with Gasteiger partial charge in [-0.2, -0.15) is 0 Å². The van der Waals surface area contributed by atoms with Crippen molar-refractivity contribution >= 4 is 21.4 Å². The summed E-state index contributed by atoms with van der Waals surface area (Å²) in [6.45, 7) is 0. The normalized spacial score (nSPS) is 11.0. The molecular formula is C21H19NO4S. The minimum absolute atomic E-state index is 0.103. The van der Waals surface area contributed by atoms with Crippen molar-refractivity contribution in [3.63, 3.8) is 0 Å². The van der Waals surface area contributed by atoms with Gasteiger partial charge in [-0.3, -0.25) is 4.79 Å². The highest BCUT2D eigenvalue weighted by Crippen LogP contribution is 2.24. The van der Waals surface area contributed by atoms with Crippen LogP contribution in [0, 0.1) is 0 Å². The van der Waals surface area contributed by atoms with Crippen molar-refractivity contribution < 1.29 is 17.9 Å².